The molecule has 2 aromatic rings. The number of nitrogens with one attached hydrogen (secondary N) is 1. The Morgan fingerprint density at radius 2 is 1.93 bits per heavy atom. The molecule has 15 heavy (non-hydrogen) atoms. The summed E-state index contributed by atoms with van der Waals surface area (Å²) >= 11 is 5.97. The van der Waals surface area contributed by atoms with E-state index in [9.17, 15) is 0 Å². The van der Waals surface area contributed by atoms with E-state index in [4.69, 9.17) is 11.6 Å². The summed E-state index contributed by atoms with van der Waals surface area (Å²) < 4.78 is 0. The quantitative estimate of drug-likeness (QED) is 0.843. The zero-order valence-electron chi connectivity index (χ0n) is 8.11. The van der Waals surface area contributed by atoms with Crippen LogP contribution in [0.5, 0.6) is 0 Å². The molecule has 0 bridgehead atoms. The first-order chi connectivity index (χ1) is 7.31. The number of rotatable bonds is 2. The van der Waals surface area contributed by atoms with Crippen molar-refractivity contribution in [1.82, 2.24) is 15.2 Å². The molecule has 2 rings (SSSR count). The van der Waals surface area contributed by atoms with Crippen LogP contribution in [0.4, 0.5) is 5.82 Å². The molecule has 0 fully saturated rings. The minimum absolute atomic E-state index is 0.389. The van der Waals surface area contributed by atoms with E-state index in [0.29, 0.717) is 11.0 Å². The molecule has 1 N–H and O–H groups in total. The fourth-order valence-electron chi connectivity index (χ4n) is 1.23. The van der Waals surface area contributed by atoms with E-state index in [0.717, 1.165) is 11.1 Å². The first kappa shape index (κ1) is 9.86. The molecule has 0 aliphatic heterocycles. The van der Waals surface area contributed by atoms with Gasteiger partial charge in [-0.25, -0.2) is 0 Å². The van der Waals surface area contributed by atoms with E-state index in [1.54, 1.807) is 19.4 Å². The Kier molecular flexibility index (Phi) is 2.78. The van der Waals surface area contributed by atoms with Gasteiger partial charge in [0.25, 0.3) is 0 Å². The Morgan fingerprint density at radius 1 is 1.20 bits per heavy atom. The van der Waals surface area contributed by atoms with E-state index in [-0.39, 0.29) is 0 Å². The van der Waals surface area contributed by atoms with Gasteiger partial charge in [0.05, 0.1) is 0 Å². The lowest BCUT2D eigenvalue weighted by atomic mass is 10.1. The number of aromatic nitrogens is 3. The second-order valence-electron chi connectivity index (χ2n) is 2.92. The van der Waals surface area contributed by atoms with Gasteiger partial charge >= 0.3 is 0 Å². The maximum atomic E-state index is 5.97. The van der Waals surface area contributed by atoms with Gasteiger partial charge in [0, 0.05) is 25.0 Å². The van der Waals surface area contributed by atoms with Crippen LogP contribution in [-0.4, -0.2) is 22.2 Å². The van der Waals surface area contributed by atoms with Crippen LogP contribution in [0.3, 0.4) is 0 Å². The highest BCUT2D eigenvalue weighted by Gasteiger charge is 2.06. The predicted octanol–water partition coefficient (Wildman–Crippen LogP) is 2.23. The third-order valence-corrected chi connectivity index (χ3v) is 2.28. The summed E-state index contributed by atoms with van der Waals surface area (Å²) in [6.07, 6.45) is 3.43. The van der Waals surface area contributed by atoms with Gasteiger partial charge in [-0.15, -0.1) is 10.2 Å². The highest BCUT2D eigenvalue weighted by molar-refractivity contribution is 6.32. The molecule has 0 amide bonds. The molecule has 0 unspecified atom stereocenters. The van der Waals surface area contributed by atoms with E-state index < -0.39 is 0 Å². The maximum absolute atomic E-state index is 5.97. The van der Waals surface area contributed by atoms with E-state index in [2.05, 4.69) is 20.5 Å². The molecule has 0 aliphatic carbocycles. The van der Waals surface area contributed by atoms with Crippen LogP contribution >= 0.6 is 11.6 Å². The van der Waals surface area contributed by atoms with Crippen molar-refractivity contribution >= 4 is 17.4 Å². The number of halogens is 1. The number of hydrogen-bond acceptors (Lipinski definition) is 4. The van der Waals surface area contributed by atoms with Crippen molar-refractivity contribution in [1.29, 1.82) is 0 Å². The van der Waals surface area contributed by atoms with E-state index in [1.807, 2.05) is 18.2 Å². The minimum atomic E-state index is 0.389. The second kappa shape index (κ2) is 4.23. The topological polar surface area (TPSA) is 50.7 Å². The van der Waals surface area contributed by atoms with Crippen LogP contribution < -0.4 is 5.32 Å². The molecule has 2 aromatic heterocycles. The van der Waals surface area contributed by atoms with Crippen molar-refractivity contribution in [2.45, 2.75) is 0 Å². The SMILES string of the molecule is CNc1cc(-c2ccncc2)c(Cl)nn1. The van der Waals surface area contributed by atoms with Gasteiger partial charge in [-0.3, -0.25) is 4.98 Å². The van der Waals surface area contributed by atoms with Crippen molar-refractivity contribution in [3.63, 3.8) is 0 Å². The Balaban J connectivity index is 2.52. The van der Waals surface area contributed by atoms with Gasteiger partial charge in [-0.2, -0.15) is 0 Å². The normalized spacial score (nSPS) is 10.0. The van der Waals surface area contributed by atoms with Crippen molar-refractivity contribution in [3.05, 3.63) is 35.7 Å². The summed E-state index contributed by atoms with van der Waals surface area (Å²) in [5.74, 6) is 0.686. The van der Waals surface area contributed by atoms with Gasteiger partial charge in [0.1, 0.15) is 5.82 Å². The predicted molar refractivity (Wildman–Crippen MR) is 59.8 cm³/mol. The Labute approximate surface area is 92.3 Å². The highest BCUT2D eigenvalue weighted by Crippen LogP contribution is 2.26. The molecule has 4 nitrogen and oxygen atoms in total. The third-order valence-electron chi connectivity index (χ3n) is 2.00. The molecule has 76 valence electrons. The van der Waals surface area contributed by atoms with Crippen LogP contribution in [0.25, 0.3) is 11.1 Å². The average molecular weight is 221 g/mol. The van der Waals surface area contributed by atoms with Gasteiger partial charge in [0.2, 0.25) is 0 Å². The summed E-state index contributed by atoms with van der Waals surface area (Å²) in [5, 5.41) is 11.0. The molecule has 0 saturated heterocycles. The van der Waals surface area contributed by atoms with Crippen LogP contribution in [0.1, 0.15) is 0 Å². The summed E-state index contributed by atoms with van der Waals surface area (Å²) in [4.78, 5) is 3.95. The first-order valence-electron chi connectivity index (χ1n) is 4.42. The van der Waals surface area contributed by atoms with Crippen molar-refractivity contribution < 1.29 is 0 Å². The van der Waals surface area contributed by atoms with E-state index >= 15 is 0 Å². The molecule has 0 aliphatic rings. The van der Waals surface area contributed by atoms with Gasteiger partial charge < -0.3 is 5.32 Å². The first-order valence-corrected chi connectivity index (χ1v) is 4.80. The molecule has 0 radical (unpaired) electrons. The molecule has 5 heteroatoms. The Hall–Kier alpha value is -1.68. The van der Waals surface area contributed by atoms with Crippen molar-refractivity contribution in [2.24, 2.45) is 0 Å². The lowest BCUT2D eigenvalue weighted by Gasteiger charge is -2.04. The monoisotopic (exact) mass is 220 g/mol. The molecule has 2 heterocycles. The largest absolute Gasteiger partial charge is 0.372 e. The van der Waals surface area contributed by atoms with Crippen molar-refractivity contribution in [2.75, 3.05) is 12.4 Å². The van der Waals surface area contributed by atoms with E-state index in [1.165, 1.54) is 0 Å². The zero-order valence-corrected chi connectivity index (χ0v) is 8.86. The average Bonchev–Trinajstić information content (AvgIpc) is 2.31. The summed E-state index contributed by atoms with van der Waals surface area (Å²) in [7, 11) is 1.79. The smallest absolute Gasteiger partial charge is 0.159 e. The molecular weight excluding hydrogens is 212 g/mol. The number of anilines is 1. The zero-order chi connectivity index (χ0) is 10.7. The number of pyridine rings is 1. The summed E-state index contributed by atoms with van der Waals surface area (Å²) in [5.41, 5.74) is 1.82. The van der Waals surface area contributed by atoms with Crippen LogP contribution in [0.2, 0.25) is 5.15 Å². The van der Waals surface area contributed by atoms with Gasteiger partial charge in [-0.05, 0) is 23.8 Å². The van der Waals surface area contributed by atoms with Crippen LogP contribution in [-0.2, 0) is 0 Å². The lowest BCUT2D eigenvalue weighted by Crippen LogP contribution is -1.96. The maximum Gasteiger partial charge on any atom is 0.159 e. The standard InChI is InChI=1S/C10H9ClN4/c1-12-9-6-8(10(11)15-14-9)7-2-4-13-5-3-7/h2-6H,1H3,(H,12,14). The molecule has 0 spiro atoms. The molecule has 0 aromatic carbocycles. The second-order valence-corrected chi connectivity index (χ2v) is 3.28. The Morgan fingerprint density at radius 3 is 2.60 bits per heavy atom. The third kappa shape index (κ3) is 2.05. The van der Waals surface area contributed by atoms with Crippen LogP contribution in [0, 0.1) is 0 Å². The minimum Gasteiger partial charge on any atom is -0.372 e. The van der Waals surface area contributed by atoms with Gasteiger partial charge in [0.15, 0.2) is 5.15 Å². The lowest BCUT2D eigenvalue weighted by molar-refractivity contribution is 1.03. The van der Waals surface area contributed by atoms with Crippen molar-refractivity contribution in [3.8, 4) is 11.1 Å². The fraction of sp³-hybridized carbons (Fsp3) is 0.100. The summed E-state index contributed by atoms with van der Waals surface area (Å²) in [6, 6.07) is 5.61. The number of hydrogen-bond donors (Lipinski definition) is 1. The van der Waals surface area contributed by atoms with Crippen LogP contribution in [0.15, 0.2) is 30.6 Å². The Bertz CT molecular complexity index is 458. The van der Waals surface area contributed by atoms with Gasteiger partial charge in [-0.1, -0.05) is 11.6 Å². The number of nitrogens with zero attached hydrogens (tertiary/aromatic N) is 3. The molecule has 0 atom stereocenters. The molecular formula is C10H9ClN4. The summed E-state index contributed by atoms with van der Waals surface area (Å²) in [6.45, 7) is 0. The molecule has 0 saturated carbocycles. The highest BCUT2D eigenvalue weighted by atomic mass is 35.5. The fourth-order valence-corrected chi connectivity index (χ4v) is 1.43.